The molecule has 1 aromatic carbocycles. The summed E-state index contributed by atoms with van der Waals surface area (Å²) < 4.78 is 5.85. The zero-order chi connectivity index (χ0) is 18.4. The lowest BCUT2D eigenvalue weighted by Crippen LogP contribution is -2.41. The van der Waals surface area contributed by atoms with Crippen molar-refractivity contribution in [3.63, 3.8) is 0 Å². The van der Waals surface area contributed by atoms with Gasteiger partial charge in [-0.15, -0.1) is 11.3 Å². The number of benzene rings is 1. The Morgan fingerprint density at radius 3 is 2.60 bits per heavy atom. The number of thiazole rings is 1. The second kappa shape index (κ2) is 9.24. The van der Waals surface area contributed by atoms with Crippen LogP contribution in [0.5, 0.6) is 5.75 Å². The van der Waals surface area contributed by atoms with E-state index in [0.717, 1.165) is 4.88 Å². The molecule has 1 amide bonds. The van der Waals surface area contributed by atoms with Gasteiger partial charge in [-0.3, -0.25) is 10.2 Å². The molecule has 0 unspecified atom stereocenters. The predicted molar refractivity (Wildman–Crippen MR) is 103 cm³/mol. The zero-order valence-corrected chi connectivity index (χ0v) is 16.6. The smallest absolute Gasteiger partial charge is 0.269 e. The number of aromatic nitrogens is 1. The van der Waals surface area contributed by atoms with Gasteiger partial charge in [0.15, 0.2) is 4.47 Å². The third-order valence-corrected chi connectivity index (χ3v) is 4.96. The Morgan fingerprint density at radius 2 is 2.04 bits per heavy atom. The van der Waals surface area contributed by atoms with Gasteiger partial charge in [0, 0.05) is 30.2 Å². The van der Waals surface area contributed by atoms with Crippen LogP contribution >= 0.6 is 34.5 Å². The molecule has 0 fully saturated rings. The molecule has 1 heterocycles. The second-order valence-corrected chi connectivity index (χ2v) is 7.18. The van der Waals surface area contributed by atoms with Crippen molar-refractivity contribution < 1.29 is 9.53 Å². The lowest BCUT2D eigenvalue weighted by Gasteiger charge is -2.20. The fourth-order valence-electron chi connectivity index (χ4n) is 2.17. The van der Waals surface area contributed by atoms with Crippen molar-refractivity contribution in [3.05, 3.63) is 38.3 Å². The summed E-state index contributed by atoms with van der Waals surface area (Å²) in [4.78, 5) is 17.4. The molecule has 6 nitrogen and oxygen atoms in total. The monoisotopic (exact) mass is 402 g/mol. The van der Waals surface area contributed by atoms with Gasteiger partial charge in [-0.05, 0) is 6.07 Å². The van der Waals surface area contributed by atoms with Gasteiger partial charge in [0.05, 0.1) is 29.9 Å². The first-order valence-corrected chi connectivity index (χ1v) is 9.33. The summed E-state index contributed by atoms with van der Waals surface area (Å²) in [6.45, 7) is 5.86. The van der Waals surface area contributed by atoms with E-state index >= 15 is 0 Å². The Labute approximate surface area is 161 Å². The van der Waals surface area contributed by atoms with Crippen molar-refractivity contribution in [2.24, 2.45) is 0 Å². The number of anilines is 1. The fourth-order valence-corrected chi connectivity index (χ4v) is 3.32. The first-order chi connectivity index (χ1) is 12.0. The SMILES string of the molecule is CCN(CC)NC(=O)c1cc(Cl)c(NCc2cnc(Cl)s2)cc1OC. The number of nitrogens with one attached hydrogen (secondary N) is 2. The molecule has 0 atom stereocenters. The van der Waals surface area contributed by atoms with Crippen LogP contribution in [-0.4, -0.2) is 36.1 Å². The summed E-state index contributed by atoms with van der Waals surface area (Å²) in [5, 5.41) is 5.44. The minimum absolute atomic E-state index is 0.261. The standard InChI is InChI=1S/C16H20Cl2N4O2S/c1-4-22(5-2)21-15(23)11-6-12(17)13(7-14(11)24-3)19-8-10-9-20-16(18)25-10/h6-7,9,19H,4-5,8H2,1-3H3,(H,21,23). The van der Waals surface area contributed by atoms with Gasteiger partial charge in [-0.2, -0.15) is 0 Å². The summed E-state index contributed by atoms with van der Waals surface area (Å²) in [5.41, 5.74) is 3.88. The van der Waals surface area contributed by atoms with Crippen LogP contribution in [0.2, 0.25) is 9.49 Å². The van der Waals surface area contributed by atoms with E-state index in [2.05, 4.69) is 15.7 Å². The van der Waals surface area contributed by atoms with Crippen LogP contribution in [0.4, 0.5) is 5.69 Å². The predicted octanol–water partition coefficient (Wildman–Crippen LogP) is 4.06. The molecule has 2 rings (SSSR count). The van der Waals surface area contributed by atoms with Crippen molar-refractivity contribution >= 4 is 46.1 Å². The Hall–Kier alpha value is -1.54. The van der Waals surface area contributed by atoms with Crippen LogP contribution in [0, 0.1) is 0 Å². The van der Waals surface area contributed by atoms with E-state index in [9.17, 15) is 4.79 Å². The maximum atomic E-state index is 12.5. The second-order valence-electron chi connectivity index (χ2n) is 5.08. The normalized spacial score (nSPS) is 10.8. The van der Waals surface area contributed by atoms with Crippen LogP contribution in [0.3, 0.4) is 0 Å². The highest BCUT2D eigenvalue weighted by atomic mass is 35.5. The van der Waals surface area contributed by atoms with Gasteiger partial charge in [-0.25, -0.2) is 9.99 Å². The number of hydrogen-bond donors (Lipinski definition) is 2. The molecule has 0 spiro atoms. The number of carbonyl (C=O) groups is 1. The van der Waals surface area contributed by atoms with Gasteiger partial charge in [0.25, 0.3) is 5.91 Å². The zero-order valence-electron chi connectivity index (χ0n) is 14.2. The summed E-state index contributed by atoms with van der Waals surface area (Å²) in [6.07, 6.45) is 1.71. The largest absolute Gasteiger partial charge is 0.496 e. The Morgan fingerprint density at radius 1 is 1.32 bits per heavy atom. The average molecular weight is 403 g/mol. The number of methoxy groups -OCH3 is 1. The van der Waals surface area contributed by atoms with Crippen molar-refractivity contribution in [2.75, 3.05) is 25.5 Å². The number of carbonyl (C=O) groups excluding carboxylic acids is 1. The van der Waals surface area contributed by atoms with E-state index in [1.807, 2.05) is 13.8 Å². The third-order valence-electron chi connectivity index (χ3n) is 3.54. The number of halogens is 2. The molecule has 25 heavy (non-hydrogen) atoms. The quantitative estimate of drug-likeness (QED) is 0.651. The van der Waals surface area contributed by atoms with E-state index < -0.39 is 0 Å². The highest BCUT2D eigenvalue weighted by Crippen LogP contribution is 2.32. The van der Waals surface area contributed by atoms with E-state index in [1.54, 1.807) is 23.3 Å². The average Bonchev–Trinajstić information content (AvgIpc) is 3.03. The van der Waals surface area contributed by atoms with E-state index in [4.69, 9.17) is 27.9 Å². The molecule has 0 aliphatic rings. The van der Waals surface area contributed by atoms with Crippen LogP contribution in [0.1, 0.15) is 29.1 Å². The molecule has 0 saturated heterocycles. The summed E-state index contributed by atoms with van der Waals surface area (Å²) in [6, 6.07) is 3.31. The molecule has 0 radical (unpaired) electrons. The molecule has 0 aliphatic heterocycles. The molecule has 9 heteroatoms. The minimum Gasteiger partial charge on any atom is -0.496 e. The molecule has 2 aromatic rings. The van der Waals surface area contributed by atoms with E-state index in [0.29, 0.717) is 46.1 Å². The van der Waals surface area contributed by atoms with Gasteiger partial charge in [-0.1, -0.05) is 37.0 Å². The van der Waals surface area contributed by atoms with Crippen molar-refractivity contribution in [1.29, 1.82) is 0 Å². The van der Waals surface area contributed by atoms with E-state index in [1.165, 1.54) is 18.4 Å². The van der Waals surface area contributed by atoms with Crippen molar-refractivity contribution in [3.8, 4) is 5.75 Å². The molecular formula is C16H20Cl2N4O2S. The van der Waals surface area contributed by atoms with Crippen molar-refractivity contribution in [1.82, 2.24) is 15.4 Å². The van der Waals surface area contributed by atoms with Crippen LogP contribution < -0.4 is 15.5 Å². The Balaban J connectivity index is 2.17. The molecule has 0 bridgehead atoms. The highest BCUT2D eigenvalue weighted by Gasteiger charge is 2.17. The number of amides is 1. The number of ether oxygens (including phenoxy) is 1. The first kappa shape index (κ1) is 19.8. The minimum atomic E-state index is -0.261. The van der Waals surface area contributed by atoms with Gasteiger partial charge in [0.2, 0.25) is 0 Å². The number of hydrazine groups is 1. The topological polar surface area (TPSA) is 66.5 Å². The first-order valence-electron chi connectivity index (χ1n) is 7.76. The summed E-state index contributed by atoms with van der Waals surface area (Å²) >= 11 is 13.5. The van der Waals surface area contributed by atoms with Crippen LogP contribution in [0.25, 0.3) is 0 Å². The number of nitrogens with zero attached hydrogens (tertiary/aromatic N) is 2. The van der Waals surface area contributed by atoms with E-state index in [-0.39, 0.29) is 5.91 Å². The Kier molecular flexibility index (Phi) is 7.31. The molecular weight excluding hydrogens is 383 g/mol. The summed E-state index contributed by atoms with van der Waals surface area (Å²) in [7, 11) is 1.52. The number of rotatable bonds is 8. The Bertz CT molecular complexity index is 735. The third kappa shape index (κ3) is 5.22. The molecule has 0 aliphatic carbocycles. The van der Waals surface area contributed by atoms with Crippen molar-refractivity contribution in [2.45, 2.75) is 20.4 Å². The van der Waals surface area contributed by atoms with Crippen LogP contribution in [-0.2, 0) is 6.54 Å². The molecule has 0 saturated carbocycles. The fraction of sp³-hybridized carbons (Fsp3) is 0.375. The van der Waals surface area contributed by atoms with Gasteiger partial charge in [0.1, 0.15) is 5.75 Å². The maximum absolute atomic E-state index is 12.5. The maximum Gasteiger partial charge on any atom is 0.269 e. The van der Waals surface area contributed by atoms with Gasteiger partial charge >= 0.3 is 0 Å². The highest BCUT2D eigenvalue weighted by molar-refractivity contribution is 7.15. The molecule has 136 valence electrons. The molecule has 2 N–H and O–H groups in total. The molecule has 1 aromatic heterocycles. The number of hydrogen-bond acceptors (Lipinski definition) is 6. The lowest BCUT2D eigenvalue weighted by molar-refractivity contribution is 0.0802. The summed E-state index contributed by atoms with van der Waals surface area (Å²) in [5.74, 6) is 0.183. The van der Waals surface area contributed by atoms with Crippen LogP contribution in [0.15, 0.2) is 18.3 Å². The van der Waals surface area contributed by atoms with Gasteiger partial charge < -0.3 is 10.1 Å². The lowest BCUT2D eigenvalue weighted by atomic mass is 10.1.